The smallest absolute Gasteiger partial charge is 0.322 e. The van der Waals surface area contributed by atoms with Crippen molar-refractivity contribution in [3.05, 3.63) is 48.5 Å². The second-order valence-corrected chi connectivity index (χ2v) is 6.70. The number of carbonyl (C=O) groups excluding carboxylic acids is 2. The predicted octanol–water partition coefficient (Wildman–Crippen LogP) is 2.06. The molecule has 0 unspecified atom stereocenters. The number of hydrogen-bond donors (Lipinski definition) is 3. The summed E-state index contributed by atoms with van der Waals surface area (Å²) in [6, 6.07) is 12.9. The molecule has 0 aromatic heterocycles. The van der Waals surface area contributed by atoms with Gasteiger partial charge in [0.05, 0.1) is 6.10 Å². The molecule has 8 heteroatoms. The van der Waals surface area contributed by atoms with Crippen LogP contribution < -0.4 is 20.1 Å². The first-order valence-corrected chi connectivity index (χ1v) is 9.11. The van der Waals surface area contributed by atoms with Crippen LogP contribution in [0.25, 0.3) is 0 Å². The van der Waals surface area contributed by atoms with E-state index in [-0.39, 0.29) is 18.9 Å². The minimum atomic E-state index is -0.771. The Bertz CT molecular complexity index is 873. The number of benzene rings is 2. The maximum atomic E-state index is 12.8. The third-order valence-electron chi connectivity index (χ3n) is 4.68. The topological polar surface area (TPSA) is 100 Å². The standard InChI is InChI=1S/C20H21N3O5/c24-15-11-16(23(12-15)20(26)22-13-4-2-1-3-5-13)19(25)21-14-6-7-17-18(10-14)28-9-8-27-17/h1-7,10,15-16,24H,8-9,11-12H2,(H,21,25)(H,22,26)/t15-,16+/m1/s1. The third kappa shape index (κ3) is 3.86. The lowest BCUT2D eigenvalue weighted by atomic mass is 10.1. The van der Waals surface area contributed by atoms with Crippen LogP contribution in [0, 0.1) is 0 Å². The zero-order valence-electron chi connectivity index (χ0n) is 15.1. The molecule has 2 aromatic carbocycles. The Hall–Kier alpha value is -3.26. The van der Waals surface area contributed by atoms with E-state index in [9.17, 15) is 14.7 Å². The van der Waals surface area contributed by atoms with Gasteiger partial charge in [0.1, 0.15) is 19.3 Å². The molecule has 0 aliphatic carbocycles. The Balaban J connectivity index is 1.45. The second-order valence-electron chi connectivity index (χ2n) is 6.70. The van der Waals surface area contributed by atoms with Gasteiger partial charge in [-0.3, -0.25) is 4.79 Å². The van der Waals surface area contributed by atoms with E-state index >= 15 is 0 Å². The van der Waals surface area contributed by atoms with Gasteiger partial charge in [-0.25, -0.2) is 4.79 Å². The number of carbonyl (C=O) groups is 2. The highest BCUT2D eigenvalue weighted by molar-refractivity contribution is 5.99. The Morgan fingerprint density at radius 1 is 0.964 bits per heavy atom. The predicted molar refractivity (Wildman–Crippen MR) is 103 cm³/mol. The molecule has 2 heterocycles. The van der Waals surface area contributed by atoms with E-state index in [2.05, 4.69) is 10.6 Å². The van der Waals surface area contributed by atoms with Crippen LogP contribution in [0.4, 0.5) is 16.2 Å². The number of urea groups is 1. The number of rotatable bonds is 3. The molecule has 0 bridgehead atoms. The molecular weight excluding hydrogens is 362 g/mol. The van der Waals surface area contributed by atoms with E-state index in [0.29, 0.717) is 36.1 Å². The van der Waals surface area contributed by atoms with Gasteiger partial charge in [0.15, 0.2) is 11.5 Å². The fourth-order valence-corrected chi connectivity index (χ4v) is 3.35. The van der Waals surface area contributed by atoms with Crippen LogP contribution in [0.15, 0.2) is 48.5 Å². The lowest BCUT2D eigenvalue weighted by molar-refractivity contribution is -0.119. The van der Waals surface area contributed by atoms with E-state index in [1.165, 1.54) is 4.90 Å². The summed E-state index contributed by atoms with van der Waals surface area (Å²) in [4.78, 5) is 26.7. The van der Waals surface area contributed by atoms with E-state index in [4.69, 9.17) is 9.47 Å². The summed E-state index contributed by atoms with van der Waals surface area (Å²) < 4.78 is 11.0. The normalized spacial score (nSPS) is 20.5. The van der Waals surface area contributed by atoms with E-state index < -0.39 is 18.2 Å². The summed E-state index contributed by atoms with van der Waals surface area (Å²) in [5.74, 6) is 0.829. The fraction of sp³-hybridized carbons (Fsp3) is 0.300. The van der Waals surface area contributed by atoms with Crippen LogP contribution in [0.2, 0.25) is 0 Å². The number of anilines is 2. The summed E-state index contributed by atoms with van der Waals surface area (Å²) in [5.41, 5.74) is 1.17. The third-order valence-corrected chi connectivity index (χ3v) is 4.68. The monoisotopic (exact) mass is 383 g/mol. The number of amides is 3. The highest BCUT2D eigenvalue weighted by Gasteiger charge is 2.39. The molecule has 3 N–H and O–H groups in total. The Morgan fingerprint density at radius 3 is 2.50 bits per heavy atom. The van der Waals surface area contributed by atoms with Crippen LogP contribution in [-0.4, -0.2) is 53.8 Å². The van der Waals surface area contributed by atoms with Gasteiger partial charge < -0.3 is 30.1 Å². The second kappa shape index (κ2) is 7.77. The van der Waals surface area contributed by atoms with Gasteiger partial charge in [-0.15, -0.1) is 0 Å². The van der Waals surface area contributed by atoms with Crippen molar-refractivity contribution >= 4 is 23.3 Å². The molecule has 146 valence electrons. The summed E-state index contributed by atoms with van der Waals surface area (Å²) in [5, 5.41) is 15.6. The van der Waals surface area contributed by atoms with Crippen molar-refractivity contribution in [1.82, 2.24) is 4.90 Å². The van der Waals surface area contributed by atoms with Gasteiger partial charge in [-0.2, -0.15) is 0 Å². The maximum absolute atomic E-state index is 12.8. The summed E-state index contributed by atoms with van der Waals surface area (Å²) >= 11 is 0. The minimum absolute atomic E-state index is 0.0951. The van der Waals surface area contributed by atoms with Crippen LogP contribution in [-0.2, 0) is 4.79 Å². The van der Waals surface area contributed by atoms with E-state index in [1.54, 1.807) is 42.5 Å². The average Bonchev–Trinajstić information content (AvgIpc) is 3.11. The van der Waals surface area contributed by atoms with Gasteiger partial charge in [0, 0.05) is 30.4 Å². The SMILES string of the molecule is O=C(Nc1ccc2c(c1)OCCO2)[C@@H]1C[C@@H](O)CN1C(=O)Nc1ccccc1. The number of likely N-dealkylation sites (tertiary alicyclic amines) is 1. The quantitative estimate of drug-likeness (QED) is 0.753. The molecular formula is C20H21N3O5. The number of ether oxygens (including phenoxy) is 2. The van der Waals surface area contributed by atoms with Gasteiger partial charge in [0.2, 0.25) is 5.91 Å². The molecule has 3 amide bonds. The van der Waals surface area contributed by atoms with Crippen LogP contribution >= 0.6 is 0 Å². The number of β-amino-alcohol motifs (C(OH)–C–C–N with tert-alkyl or cyclic N) is 1. The molecule has 1 fully saturated rings. The van der Waals surface area contributed by atoms with Crippen molar-refractivity contribution in [3.63, 3.8) is 0 Å². The Morgan fingerprint density at radius 2 is 1.71 bits per heavy atom. The molecule has 28 heavy (non-hydrogen) atoms. The molecule has 0 radical (unpaired) electrons. The van der Waals surface area contributed by atoms with Crippen molar-refractivity contribution in [3.8, 4) is 11.5 Å². The molecule has 2 atom stereocenters. The highest BCUT2D eigenvalue weighted by Crippen LogP contribution is 2.33. The molecule has 2 aliphatic heterocycles. The zero-order chi connectivity index (χ0) is 19.5. The molecule has 8 nitrogen and oxygen atoms in total. The molecule has 1 saturated heterocycles. The van der Waals surface area contributed by atoms with E-state index in [0.717, 1.165) is 0 Å². The van der Waals surface area contributed by atoms with Crippen molar-refractivity contribution < 1.29 is 24.2 Å². The van der Waals surface area contributed by atoms with Crippen LogP contribution in [0.5, 0.6) is 11.5 Å². The van der Waals surface area contributed by atoms with Crippen LogP contribution in [0.3, 0.4) is 0 Å². The Kier molecular flexibility index (Phi) is 5.03. The van der Waals surface area contributed by atoms with Gasteiger partial charge in [0.25, 0.3) is 0 Å². The number of aliphatic hydroxyl groups excluding tert-OH is 1. The van der Waals surface area contributed by atoms with Crippen molar-refractivity contribution in [2.75, 3.05) is 30.4 Å². The first kappa shape index (κ1) is 18.1. The molecule has 0 spiro atoms. The highest BCUT2D eigenvalue weighted by atomic mass is 16.6. The molecule has 2 aromatic rings. The first-order valence-electron chi connectivity index (χ1n) is 9.11. The number of aliphatic hydroxyl groups is 1. The number of para-hydroxylation sites is 1. The van der Waals surface area contributed by atoms with E-state index in [1.807, 2.05) is 6.07 Å². The molecule has 0 saturated carbocycles. The van der Waals surface area contributed by atoms with Gasteiger partial charge in [-0.1, -0.05) is 18.2 Å². The zero-order valence-corrected chi connectivity index (χ0v) is 15.1. The maximum Gasteiger partial charge on any atom is 0.322 e. The number of nitrogens with one attached hydrogen (secondary N) is 2. The summed E-state index contributed by atoms with van der Waals surface area (Å²) in [7, 11) is 0. The van der Waals surface area contributed by atoms with Gasteiger partial charge in [-0.05, 0) is 24.3 Å². The molecule has 4 rings (SSSR count). The Labute approximate surface area is 162 Å². The average molecular weight is 383 g/mol. The number of nitrogens with zero attached hydrogens (tertiary/aromatic N) is 1. The minimum Gasteiger partial charge on any atom is -0.486 e. The fourth-order valence-electron chi connectivity index (χ4n) is 3.35. The first-order chi connectivity index (χ1) is 13.6. The lowest BCUT2D eigenvalue weighted by Gasteiger charge is -2.24. The summed E-state index contributed by atoms with van der Waals surface area (Å²) in [6.07, 6.45) is -0.573. The van der Waals surface area contributed by atoms with Crippen LogP contribution in [0.1, 0.15) is 6.42 Å². The van der Waals surface area contributed by atoms with Crippen molar-refractivity contribution in [2.24, 2.45) is 0 Å². The van der Waals surface area contributed by atoms with Gasteiger partial charge >= 0.3 is 6.03 Å². The number of hydrogen-bond acceptors (Lipinski definition) is 5. The lowest BCUT2D eigenvalue weighted by Crippen LogP contribution is -2.45. The molecule has 2 aliphatic rings. The van der Waals surface area contributed by atoms with Crippen molar-refractivity contribution in [1.29, 1.82) is 0 Å². The van der Waals surface area contributed by atoms with Crippen molar-refractivity contribution in [2.45, 2.75) is 18.6 Å². The largest absolute Gasteiger partial charge is 0.486 e. The summed E-state index contributed by atoms with van der Waals surface area (Å²) in [6.45, 7) is 1.04. The number of fused-ring (bicyclic) bond motifs is 1.